The summed E-state index contributed by atoms with van der Waals surface area (Å²) in [6, 6.07) is 20.4. The molecular weight excluding hydrogens is 515 g/mol. The van der Waals surface area contributed by atoms with E-state index in [0.29, 0.717) is 28.2 Å². The van der Waals surface area contributed by atoms with E-state index in [4.69, 9.17) is 30.3 Å². The average Bonchev–Trinajstić information content (AvgIpc) is 2.98. The standard InChI is InChI=1S/C31H29FN2O6/c1-5-18-39-34-30(24-12-16-26(17-13-24)38-20-23-10-14-25(32)15-11-23)19-33-40-22(2)27-8-6-7-9-28(27)29(21-36-3)31(35)37-4/h1,6-17,19,21-22H,18,20H2,2-4H3. The number of ether oxygens (including phenoxy) is 3. The number of esters is 1. The molecule has 0 heterocycles. The van der Waals surface area contributed by atoms with Crippen molar-refractivity contribution in [3.63, 3.8) is 0 Å². The molecule has 3 rings (SSSR count). The van der Waals surface area contributed by atoms with Crippen molar-refractivity contribution >= 4 is 23.5 Å². The first-order chi connectivity index (χ1) is 19.5. The van der Waals surface area contributed by atoms with E-state index < -0.39 is 12.1 Å². The third kappa shape index (κ3) is 8.46. The Balaban J connectivity index is 1.74. The van der Waals surface area contributed by atoms with Gasteiger partial charge in [-0.2, -0.15) is 0 Å². The van der Waals surface area contributed by atoms with Gasteiger partial charge in [0, 0.05) is 11.1 Å². The summed E-state index contributed by atoms with van der Waals surface area (Å²) in [5, 5.41) is 8.17. The van der Waals surface area contributed by atoms with Crippen molar-refractivity contribution < 1.29 is 33.1 Å². The highest BCUT2D eigenvalue weighted by Gasteiger charge is 2.20. The van der Waals surface area contributed by atoms with E-state index in [-0.39, 0.29) is 24.6 Å². The molecular formula is C31H29FN2O6. The third-order valence-corrected chi connectivity index (χ3v) is 5.50. The summed E-state index contributed by atoms with van der Waals surface area (Å²) in [6.07, 6.45) is 7.44. The van der Waals surface area contributed by atoms with Crippen LogP contribution in [-0.4, -0.2) is 38.7 Å². The molecule has 0 saturated carbocycles. The first-order valence-corrected chi connectivity index (χ1v) is 12.2. The van der Waals surface area contributed by atoms with Crippen LogP contribution in [0.3, 0.4) is 0 Å². The zero-order valence-corrected chi connectivity index (χ0v) is 22.4. The fraction of sp³-hybridized carbons (Fsp3) is 0.194. The summed E-state index contributed by atoms with van der Waals surface area (Å²) in [7, 11) is 2.75. The second-order valence-electron chi connectivity index (χ2n) is 8.22. The van der Waals surface area contributed by atoms with Crippen LogP contribution in [0.4, 0.5) is 4.39 Å². The molecule has 0 bridgehead atoms. The first-order valence-electron chi connectivity index (χ1n) is 12.2. The molecule has 0 aliphatic rings. The number of nitrogens with zero attached hydrogens (tertiary/aromatic N) is 2. The second-order valence-corrected chi connectivity index (χ2v) is 8.22. The molecule has 0 spiro atoms. The fourth-order valence-electron chi connectivity index (χ4n) is 3.53. The van der Waals surface area contributed by atoms with E-state index in [2.05, 4.69) is 16.2 Å². The smallest absolute Gasteiger partial charge is 0.341 e. The minimum Gasteiger partial charge on any atom is -0.503 e. The minimum atomic E-state index is -0.549. The molecule has 0 aliphatic carbocycles. The van der Waals surface area contributed by atoms with Gasteiger partial charge in [-0.25, -0.2) is 9.18 Å². The summed E-state index contributed by atoms with van der Waals surface area (Å²) in [5.74, 6) is 2.12. The molecule has 40 heavy (non-hydrogen) atoms. The maximum atomic E-state index is 13.1. The van der Waals surface area contributed by atoms with Gasteiger partial charge in [-0.3, -0.25) is 0 Å². The van der Waals surface area contributed by atoms with Crippen LogP contribution in [0.25, 0.3) is 5.57 Å². The molecule has 0 aliphatic heterocycles. The number of benzene rings is 3. The van der Waals surface area contributed by atoms with Gasteiger partial charge in [-0.05, 0) is 54.4 Å². The number of terminal acetylenes is 1. The van der Waals surface area contributed by atoms with Gasteiger partial charge in [-0.1, -0.05) is 52.6 Å². The molecule has 0 radical (unpaired) electrons. The molecule has 0 saturated heterocycles. The molecule has 0 amide bonds. The number of hydrogen-bond donors (Lipinski definition) is 0. The van der Waals surface area contributed by atoms with Crippen LogP contribution >= 0.6 is 0 Å². The highest BCUT2D eigenvalue weighted by molar-refractivity contribution is 6.37. The van der Waals surface area contributed by atoms with Crippen LogP contribution in [0.2, 0.25) is 0 Å². The Morgan fingerprint density at radius 2 is 1.77 bits per heavy atom. The van der Waals surface area contributed by atoms with E-state index in [1.807, 2.05) is 12.1 Å². The monoisotopic (exact) mass is 544 g/mol. The van der Waals surface area contributed by atoms with Gasteiger partial charge >= 0.3 is 5.97 Å². The Morgan fingerprint density at radius 1 is 1.05 bits per heavy atom. The van der Waals surface area contributed by atoms with Crippen molar-refractivity contribution in [3.05, 3.63) is 107 Å². The molecule has 0 aromatic heterocycles. The molecule has 1 unspecified atom stereocenters. The highest BCUT2D eigenvalue weighted by atomic mass is 19.1. The predicted molar refractivity (Wildman–Crippen MR) is 150 cm³/mol. The molecule has 1 atom stereocenters. The Bertz CT molecular complexity index is 1390. The summed E-state index contributed by atoms with van der Waals surface area (Å²) < 4.78 is 28.8. The van der Waals surface area contributed by atoms with Crippen LogP contribution in [0, 0.1) is 18.2 Å². The number of halogens is 1. The van der Waals surface area contributed by atoms with Crippen molar-refractivity contribution in [1.29, 1.82) is 0 Å². The average molecular weight is 545 g/mol. The topological polar surface area (TPSA) is 87.9 Å². The Hall–Kier alpha value is -5.10. The second kappa shape index (κ2) is 15.3. The number of rotatable bonds is 13. The fourth-order valence-corrected chi connectivity index (χ4v) is 3.53. The van der Waals surface area contributed by atoms with E-state index in [9.17, 15) is 9.18 Å². The van der Waals surface area contributed by atoms with Crippen LogP contribution in [0.5, 0.6) is 5.75 Å². The van der Waals surface area contributed by atoms with Gasteiger partial charge in [0.2, 0.25) is 0 Å². The maximum Gasteiger partial charge on any atom is 0.341 e. The van der Waals surface area contributed by atoms with Crippen molar-refractivity contribution in [2.24, 2.45) is 10.3 Å². The van der Waals surface area contributed by atoms with Gasteiger partial charge in [0.25, 0.3) is 0 Å². The van der Waals surface area contributed by atoms with Crippen molar-refractivity contribution in [1.82, 2.24) is 0 Å². The lowest BCUT2D eigenvalue weighted by atomic mass is 9.97. The predicted octanol–water partition coefficient (Wildman–Crippen LogP) is 5.68. The molecule has 0 fully saturated rings. The van der Waals surface area contributed by atoms with Crippen molar-refractivity contribution in [2.75, 3.05) is 20.8 Å². The number of carbonyl (C=O) groups excluding carboxylic acids is 1. The van der Waals surface area contributed by atoms with Crippen LogP contribution in [-0.2, 0) is 30.6 Å². The third-order valence-electron chi connectivity index (χ3n) is 5.50. The Kier molecular flexibility index (Phi) is 11.3. The Labute approximate surface area is 232 Å². The van der Waals surface area contributed by atoms with Gasteiger partial charge in [0.1, 0.15) is 35.6 Å². The lowest BCUT2D eigenvalue weighted by Crippen LogP contribution is -2.09. The molecule has 0 N–H and O–H groups in total. The van der Waals surface area contributed by atoms with Gasteiger partial charge in [0.05, 0.1) is 26.7 Å². The first kappa shape index (κ1) is 29.5. The number of oxime groups is 2. The van der Waals surface area contributed by atoms with Gasteiger partial charge in [0.15, 0.2) is 6.61 Å². The summed E-state index contributed by atoms with van der Waals surface area (Å²) >= 11 is 0. The number of methoxy groups -OCH3 is 2. The van der Waals surface area contributed by atoms with E-state index in [0.717, 1.165) is 5.56 Å². The van der Waals surface area contributed by atoms with Crippen molar-refractivity contribution in [3.8, 4) is 18.1 Å². The molecule has 3 aromatic rings. The quantitative estimate of drug-likeness (QED) is 0.0523. The highest BCUT2D eigenvalue weighted by Crippen LogP contribution is 2.28. The lowest BCUT2D eigenvalue weighted by molar-refractivity contribution is -0.133. The number of carbonyl (C=O) groups is 1. The summed E-state index contributed by atoms with van der Waals surface area (Å²) in [4.78, 5) is 23.2. The number of hydrogen-bond acceptors (Lipinski definition) is 8. The van der Waals surface area contributed by atoms with Gasteiger partial charge < -0.3 is 23.9 Å². The zero-order valence-electron chi connectivity index (χ0n) is 22.4. The molecule has 3 aromatic carbocycles. The van der Waals surface area contributed by atoms with E-state index in [1.165, 1.54) is 38.8 Å². The summed E-state index contributed by atoms with van der Waals surface area (Å²) in [6.45, 7) is 2.05. The van der Waals surface area contributed by atoms with E-state index in [1.54, 1.807) is 55.5 Å². The lowest BCUT2D eigenvalue weighted by Gasteiger charge is -2.16. The van der Waals surface area contributed by atoms with Crippen LogP contribution in [0.1, 0.15) is 35.3 Å². The summed E-state index contributed by atoms with van der Waals surface area (Å²) in [5.41, 5.74) is 3.39. The van der Waals surface area contributed by atoms with Gasteiger partial charge in [-0.15, -0.1) is 6.42 Å². The van der Waals surface area contributed by atoms with Crippen molar-refractivity contribution in [2.45, 2.75) is 19.6 Å². The minimum absolute atomic E-state index is 0.0248. The molecule has 206 valence electrons. The SMILES string of the molecule is C#CCON=C(C=NOC(C)c1ccccc1C(=COC)C(=O)OC)c1ccc(OCc2ccc(F)cc2)cc1. The molecule has 8 nitrogen and oxygen atoms in total. The largest absolute Gasteiger partial charge is 0.503 e. The van der Waals surface area contributed by atoms with Crippen LogP contribution in [0.15, 0.2) is 89.4 Å². The van der Waals surface area contributed by atoms with E-state index >= 15 is 0 Å². The zero-order chi connectivity index (χ0) is 28.7. The molecule has 9 heteroatoms. The Morgan fingerprint density at radius 3 is 2.45 bits per heavy atom. The van der Waals surface area contributed by atoms with Crippen LogP contribution < -0.4 is 4.74 Å². The maximum absolute atomic E-state index is 13.1. The normalized spacial score (nSPS) is 12.4.